The van der Waals surface area contributed by atoms with Crippen molar-refractivity contribution in [3.8, 4) is 0 Å². The van der Waals surface area contributed by atoms with E-state index in [0.29, 0.717) is 0 Å². The summed E-state index contributed by atoms with van der Waals surface area (Å²) in [7, 11) is 0. The van der Waals surface area contributed by atoms with Crippen molar-refractivity contribution in [2.45, 2.75) is 38.6 Å². The summed E-state index contributed by atoms with van der Waals surface area (Å²) in [5.41, 5.74) is 10.1. The zero-order valence-electron chi connectivity index (χ0n) is 15.6. The Morgan fingerprint density at radius 1 is 1.12 bits per heavy atom. The summed E-state index contributed by atoms with van der Waals surface area (Å²) < 4.78 is 0. The molecule has 138 valence electrons. The highest BCUT2D eigenvalue weighted by atomic mass is 32.2. The topological polar surface area (TPSA) is 84.2 Å². The van der Waals surface area contributed by atoms with Crippen LogP contribution in [0.25, 0.3) is 0 Å². The van der Waals surface area contributed by atoms with Gasteiger partial charge in [0.1, 0.15) is 6.04 Å². The predicted molar refractivity (Wildman–Crippen MR) is 109 cm³/mol. The number of nitrogens with two attached hydrogens (primary N) is 1. The molecule has 1 atom stereocenters. The number of hydrogen-bond donors (Lipinski definition) is 3. The summed E-state index contributed by atoms with van der Waals surface area (Å²) in [4.78, 5) is 24.5. The Bertz CT molecular complexity index is 797. The molecule has 4 N–H and O–H groups in total. The van der Waals surface area contributed by atoms with Crippen LogP contribution in [0.5, 0.6) is 0 Å². The molecule has 2 amide bonds. The van der Waals surface area contributed by atoms with E-state index in [0.717, 1.165) is 27.4 Å². The van der Waals surface area contributed by atoms with Crippen molar-refractivity contribution in [3.63, 3.8) is 0 Å². The first-order valence-corrected chi connectivity index (χ1v) is 9.42. The molecule has 6 heteroatoms. The average molecular weight is 372 g/mol. The summed E-state index contributed by atoms with van der Waals surface area (Å²) in [5, 5.41) is 6.23. The van der Waals surface area contributed by atoms with Crippen molar-refractivity contribution >= 4 is 35.0 Å². The lowest BCUT2D eigenvalue weighted by Gasteiger charge is -2.19. The molecule has 0 unspecified atom stereocenters. The summed E-state index contributed by atoms with van der Waals surface area (Å²) in [6, 6.07) is 11.2. The number of carbonyl (C=O) groups excluding carboxylic acids is 2. The van der Waals surface area contributed by atoms with Crippen molar-refractivity contribution < 1.29 is 9.59 Å². The van der Waals surface area contributed by atoms with Crippen LogP contribution in [0.2, 0.25) is 0 Å². The number of carbonyl (C=O) groups is 2. The van der Waals surface area contributed by atoms with Gasteiger partial charge in [-0.1, -0.05) is 29.8 Å². The molecule has 0 aliphatic heterocycles. The van der Waals surface area contributed by atoms with Gasteiger partial charge in [0, 0.05) is 16.3 Å². The normalized spacial score (nSPS) is 11.7. The number of amides is 2. The average Bonchev–Trinajstić information content (AvgIpc) is 2.56. The first kappa shape index (κ1) is 19.8. The van der Waals surface area contributed by atoms with Crippen LogP contribution in [0.15, 0.2) is 41.3 Å². The Morgan fingerprint density at radius 3 is 2.35 bits per heavy atom. The number of benzene rings is 2. The molecular weight excluding hydrogens is 346 g/mol. The number of rotatable bonds is 7. The maximum absolute atomic E-state index is 12.6. The minimum atomic E-state index is -0.439. The second-order valence-corrected chi connectivity index (χ2v) is 7.40. The van der Waals surface area contributed by atoms with E-state index in [9.17, 15) is 9.59 Å². The van der Waals surface area contributed by atoms with E-state index in [1.54, 1.807) is 0 Å². The highest BCUT2D eigenvalue weighted by Crippen LogP contribution is 2.28. The van der Waals surface area contributed by atoms with Crippen LogP contribution in [0.1, 0.15) is 23.6 Å². The molecule has 0 aliphatic carbocycles. The first-order valence-electron chi connectivity index (χ1n) is 8.43. The van der Waals surface area contributed by atoms with Gasteiger partial charge in [-0.25, -0.2) is 0 Å². The Labute approximate surface area is 158 Å². The fraction of sp³-hybridized carbons (Fsp3) is 0.300. The van der Waals surface area contributed by atoms with Gasteiger partial charge in [0.25, 0.3) is 0 Å². The number of hydrogen-bond acceptors (Lipinski definition) is 4. The summed E-state index contributed by atoms with van der Waals surface area (Å²) in [6.07, 6.45) is 0. The lowest BCUT2D eigenvalue weighted by atomic mass is 10.0. The van der Waals surface area contributed by atoms with Crippen LogP contribution in [-0.2, 0) is 9.59 Å². The Kier molecular flexibility index (Phi) is 6.69. The highest BCUT2D eigenvalue weighted by Gasteiger charge is 2.16. The number of aryl methyl sites for hydroxylation is 3. The molecule has 0 saturated heterocycles. The lowest BCUT2D eigenvalue weighted by molar-refractivity contribution is -0.117. The third-order valence-electron chi connectivity index (χ3n) is 3.95. The van der Waals surface area contributed by atoms with Crippen LogP contribution in [0.4, 0.5) is 11.4 Å². The number of primary amides is 1. The maximum atomic E-state index is 12.6. The molecule has 0 saturated carbocycles. The molecule has 0 fully saturated rings. The van der Waals surface area contributed by atoms with Crippen LogP contribution in [0, 0.1) is 20.8 Å². The maximum Gasteiger partial charge on any atom is 0.246 e. The molecule has 0 bridgehead atoms. The second-order valence-electron chi connectivity index (χ2n) is 6.38. The van der Waals surface area contributed by atoms with E-state index < -0.39 is 6.04 Å². The Morgan fingerprint density at radius 2 is 1.73 bits per heavy atom. The summed E-state index contributed by atoms with van der Waals surface area (Å²) in [6.45, 7) is 7.83. The zero-order chi connectivity index (χ0) is 19.3. The first-order chi connectivity index (χ1) is 12.3. The zero-order valence-corrected chi connectivity index (χ0v) is 16.4. The summed E-state index contributed by atoms with van der Waals surface area (Å²) in [5.74, 6) is -0.295. The van der Waals surface area contributed by atoms with Crippen molar-refractivity contribution in [1.82, 2.24) is 0 Å². The minimum Gasteiger partial charge on any atom is -0.373 e. The fourth-order valence-corrected chi connectivity index (χ4v) is 3.52. The van der Waals surface area contributed by atoms with Gasteiger partial charge >= 0.3 is 0 Å². The smallest absolute Gasteiger partial charge is 0.246 e. The molecular formula is C20H25N3O2S. The van der Waals surface area contributed by atoms with Crippen molar-refractivity contribution in [1.29, 1.82) is 0 Å². The number of thioether (sulfide) groups is 1. The molecule has 26 heavy (non-hydrogen) atoms. The largest absolute Gasteiger partial charge is 0.373 e. The van der Waals surface area contributed by atoms with Crippen LogP contribution < -0.4 is 16.4 Å². The quantitative estimate of drug-likeness (QED) is 0.649. The summed E-state index contributed by atoms with van der Waals surface area (Å²) >= 11 is 1.35. The van der Waals surface area contributed by atoms with Crippen molar-refractivity contribution in [2.75, 3.05) is 16.4 Å². The molecule has 0 heterocycles. The van der Waals surface area contributed by atoms with Crippen molar-refractivity contribution in [2.24, 2.45) is 5.73 Å². The van der Waals surface area contributed by atoms with E-state index in [4.69, 9.17) is 5.73 Å². The van der Waals surface area contributed by atoms with Crippen molar-refractivity contribution in [3.05, 3.63) is 53.1 Å². The second kappa shape index (κ2) is 8.76. The van der Waals surface area contributed by atoms with Gasteiger partial charge in [-0.15, -0.1) is 11.8 Å². The molecule has 5 nitrogen and oxygen atoms in total. The van der Waals surface area contributed by atoms with Gasteiger partial charge in [0.15, 0.2) is 0 Å². The molecule has 0 aromatic heterocycles. The van der Waals surface area contributed by atoms with Gasteiger partial charge in [0.05, 0.1) is 5.75 Å². The van der Waals surface area contributed by atoms with Crippen LogP contribution in [-0.4, -0.2) is 23.6 Å². The molecule has 2 rings (SSSR count). The SMILES string of the molecule is Cc1cc(C)c(NC(=O)[C@@H](C)Nc2ccccc2SCC(N)=O)c(C)c1. The van der Waals surface area contributed by atoms with Crippen LogP contribution in [0.3, 0.4) is 0 Å². The third-order valence-corrected chi connectivity index (χ3v) is 5.04. The Balaban J connectivity index is 2.09. The number of para-hydroxylation sites is 1. The lowest BCUT2D eigenvalue weighted by Crippen LogP contribution is -2.32. The van der Waals surface area contributed by atoms with Gasteiger partial charge in [0.2, 0.25) is 11.8 Å². The molecule has 2 aromatic rings. The third kappa shape index (κ3) is 5.26. The van der Waals surface area contributed by atoms with Crippen LogP contribution >= 0.6 is 11.8 Å². The minimum absolute atomic E-state index is 0.116. The standard InChI is InChI=1S/C20H25N3O2S/c1-12-9-13(2)19(14(3)10-12)23-20(25)15(4)22-16-7-5-6-8-17(16)26-11-18(21)24/h5-10,15,22H,11H2,1-4H3,(H2,21,24)(H,23,25)/t15-/m1/s1. The van der Waals surface area contributed by atoms with Gasteiger partial charge in [-0.2, -0.15) is 0 Å². The van der Waals surface area contributed by atoms with Gasteiger partial charge < -0.3 is 16.4 Å². The molecule has 0 radical (unpaired) electrons. The molecule has 0 spiro atoms. The highest BCUT2D eigenvalue weighted by molar-refractivity contribution is 8.00. The Hall–Kier alpha value is -2.47. The van der Waals surface area contributed by atoms with E-state index >= 15 is 0 Å². The van der Waals surface area contributed by atoms with Gasteiger partial charge in [-0.05, 0) is 51.0 Å². The van der Waals surface area contributed by atoms with E-state index in [1.807, 2.05) is 52.0 Å². The fourth-order valence-electron chi connectivity index (χ4n) is 2.77. The van der Waals surface area contributed by atoms with Gasteiger partial charge in [-0.3, -0.25) is 9.59 Å². The van der Waals surface area contributed by atoms with E-state index in [-0.39, 0.29) is 17.6 Å². The monoisotopic (exact) mass is 371 g/mol. The van der Waals surface area contributed by atoms with E-state index in [2.05, 4.69) is 22.8 Å². The van der Waals surface area contributed by atoms with E-state index in [1.165, 1.54) is 17.3 Å². The molecule has 0 aliphatic rings. The number of anilines is 2. The molecule has 2 aromatic carbocycles. The number of nitrogens with one attached hydrogen (secondary N) is 2. The predicted octanol–water partition coefficient (Wildman–Crippen LogP) is 3.63.